The van der Waals surface area contributed by atoms with Gasteiger partial charge in [-0.3, -0.25) is 0 Å². The highest BCUT2D eigenvalue weighted by Gasteiger charge is 2.37. The summed E-state index contributed by atoms with van der Waals surface area (Å²) in [5.74, 6) is -4.68. The summed E-state index contributed by atoms with van der Waals surface area (Å²) in [6.07, 6.45) is -2.94. The Morgan fingerprint density at radius 3 is 2.33 bits per heavy atom. The number of halogens is 3. The second-order valence-electron chi connectivity index (χ2n) is 5.90. The minimum absolute atomic E-state index is 0.121. The maximum absolute atomic E-state index is 14.6. The van der Waals surface area contributed by atoms with Crippen LogP contribution in [0, 0.1) is 17.5 Å². The van der Waals surface area contributed by atoms with Gasteiger partial charge in [0, 0.05) is 23.1 Å². The van der Waals surface area contributed by atoms with Gasteiger partial charge in [-0.1, -0.05) is 18.2 Å². The highest BCUT2D eigenvalue weighted by molar-refractivity contribution is 7.93. The van der Waals surface area contributed by atoms with Gasteiger partial charge in [0.05, 0.1) is 5.51 Å². The quantitative estimate of drug-likeness (QED) is 0.581. The van der Waals surface area contributed by atoms with Crippen LogP contribution in [0.5, 0.6) is 5.75 Å². The van der Waals surface area contributed by atoms with Crippen molar-refractivity contribution in [3.8, 4) is 5.75 Å². The Morgan fingerprint density at radius 1 is 1.17 bits per heavy atom. The van der Waals surface area contributed by atoms with Crippen molar-refractivity contribution >= 4 is 33.3 Å². The van der Waals surface area contributed by atoms with E-state index in [0.29, 0.717) is 12.1 Å². The van der Waals surface area contributed by atoms with Crippen LogP contribution in [0.25, 0.3) is 0 Å². The number of anilines is 1. The molecule has 1 heterocycles. The summed E-state index contributed by atoms with van der Waals surface area (Å²) in [7, 11) is -5.18. The standard InChI is InChI=1S/C18H13F3N2O5S2/c1-10(12-4-2-3-5-13(12)19)28-11-6-14(20)17(15(21)7-11)30(26,27)23(18(24)25)16-8-29-9-22-16/h2-10H,1H3,(H,24,25). The molecule has 2 aromatic carbocycles. The van der Waals surface area contributed by atoms with Crippen LogP contribution in [0.4, 0.5) is 23.8 Å². The maximum Gasteiger partial charge on any atom is 0.427 e. The monoisotopic (exact) mass is 458 g/mol. The van der Waals surface area contributed by atoms with Crippen molar-refractivity contribution in [2.45, 2.75) is 17.9 Å². The van der Waals surface area contributed by atoms with Gasteiger partial charge in [-0.2, -0.15) is 0 Å². The molecule has 7 nitrogen and oxygen atoms in total. The molecule has 3 aromatic rings. The molecular formula is C18H13F3N2O5S2. The zero-order valence-electron chi connectivity index (χ0n) is 15.1. The number of rotatable bonds is 6. The van der Waals surface area contributed by atoms with E-state index in [1.165, 1.54) is 25.1 Å². The predicted octanol–water partition coefficient (Wildman–Crippen LogP) is 4.57. The molecule has 1 atom stereocenters. The van der Waals surface area contributed by atoms with Crippen LogP contribution in [0.3, 0.4) is 0 Å². The average Bonchev–Trinajstić information content (AvgIpc) is 3.14. The smallest absolute Gasteiger partial charge is 0.427 e. The third-order valence-electron chi connectivity index (χ3n) is 3.93. The fourth-order valence-electron chi connectivity index (χ4n) is 2.65. The number of carbonyl (C=O) groups is 1. The molecule has 0 saturated heterocycles. The third-order valence-corrected chi connectivity index (χ3v) is 6.23. The van der Waals surface area contributed by atoms with Gasteiger partial charge in [0.1, 0.15) is 29.3 Å². The first kappa shape index (κ1) is 21.6. The summed E-state index contributed by atoms with van der Waals surface area (Å²) in [5.41, 5.74) is 1.28. The van der Waals surface area contributed by atoms with E-state index in [1.807, 2.05) is 0 Å². The van der Waals surface area contributed by atoms with Gasteiger partial charge in [-0.15, -0.1) is 15.6 Å². The molecule has 0 radical (unpaired) electrons. The lowest BCUT2D eigenvalue weighted by atomic mass is 10.1. The molecular weight excluding hydrogens is 445 g/mol. The van der Waals surface area contributed by atoms with Crippen molar-refractivity contribution in [1.29, 1.82) is 0 Å². The molecule has 3 rings (SSSR count). The highest BCUT2D eigenvalue weighted by atomic mass is 32.2. The van der Waals surface area contributed by atoms with E-state index in [-0.39, 0.29) is 9.87 Å². The lowest BCUT2D eigenvalue weighted by Crippen LogP contribution is -2.37. The summed E-state index contributed by atoms with van der Waals surface area (Å²) >= 11 is 0.895. The fraction of sp³-hybridized carbons (Fsp3) is 0.111. The molecule has 1 N–H and O–H groups in total. The van der Waals surface area contributed by atoms with Crippen LogP contribution in [0.1, 0.15) is 18.6 Å². The largest absolute Gasteiger partial charge is 0.486 e. The van der Waals surface area contributed by atoms with Crippen LogP contribution >= 0.6 is 11.3 Å². The molecule has 1 amide bonds. The number of hydrogen-bond acceptors (Lipinski definition) is 6. The van der Waals surface area contributed by atoms with Gasteiger partial charge in [0.15, 0.2) is 10.7 Å². The van der Waals surface area contributed by atoms with Gasteiger partial charge in [-0.25, -0.2) is 31.4 Å². The summed E-state index contributed by atoms with van der Waals surface area (Å²) < 4.78 is 73.4. The topological polar surface area (TPSA) is 96.8 Å². The van der Waals surface area contributed by atoms with Crippen molar-refractivity contribution in [2.24, 2.45) is 0 Å². The molecule has 0 fully saturated rings. The lowest BCUT2D eigenvalue weighted by molar-refractivity contribution is 0.206. The maximum atomic E-state index is 14.6. The minimum Gasteiger partial charge on any atom is -0.486 e. The van der Waals surface area contributed by atoms with Gasteiger partial charge in [0.25, 0.3) is 10.0 Å². The fourth-order valence-corrected chi connectivity index (χ4v) is 4.57. The molecule has 1 aromatic heterocycles. The van der Waals surface area contributed by atoms with E-state index in [4.69, 9.17) is 4.74 Å². The molecule has 0 saturated carbocycles. The Morgan fingerprint density at radius 2 is 1.80 bits per heavy atom. The zero-order valence-corrected chi connectivity index (χ0v) is 16.8. The van der Waals surface area contributed by atoms with Gasteiger partial charge >= 0.3 is 6.09 Å². The van der Waals surface area contributed by atoms with Crippen LogP contribution in [-0.2, 0) is 10.0 Å². The number of aromatic nitrogens is 1. The minimum atomic E-state index is -5.18. The van der Waals surface area contributed by atoms with E-state index in [1.54, 1.807) is 6.07 Å². The van der Waals surface area contributed by atoms with E-state index in [2.05, 4.69) is 4.98 Å². The number of benzene rings is 2. The summed E-state index contributed by atoms with van der Waals surface area (Å²) in [6.45, 7) is 1.44. The second kappa shape index (κ2) is 8.32. The molecule has 30 heavy (non-hydrogen) atoms. The first-order chi connectivity index (χ1) is 14.1. The van der Waals surface area contributed by atoms with Crippen LogP contribution in [-0.4, -0.2) is 24.6 Å². The van der Waals surface area contributed by atoms with Gasteiger partial charge < -0.3 is 9.84 Å². The summed E-state index contributed by atoms with van der Waals surface area (Å²) in [5, 5.41) is 10.3. The van der Waals surface area contributed by atoms with Crippen molar-refractivity contribution in [3.63, 3.8) is 0 Å². The van der Waals surface area contributed by atoms with Crippen molar-refractivity contribution < 1.29 is 36.2 Å². The molecule has 12 heteroatoms. The van der Waals surface area contributed by atoms with Gasteiger partial charge in [-0.05, 0) is 13.0 Å². The Labute approximate surface area is 173 Å². The summed E-state index contributed by atoms with van der Waals surface area (Å²) in [6, 6.07) is 6.77. The van der Waals surface area contributed by atoms with E-state index >= 15 is 0 Å². The van der Waals surface area contributed by atoms with E-state index < -0.39 is 56.1 Å². The number of hydrogen-bond donors (Lipinski definition) is 1. The van der Waals surface area contributed by atoms with Crippen LogP contribution < -0.4 is 9.04 Å². The first-order valence-electron chi connectivity index (χ1n) is 8.19. The van der Waals surface area contributed by atoms with Crippen molar-refractivity contribution in [3.05, 3.63) is 70.3 Å². The Hall–Kier alpha value is -3.12. The first-order valence-corrected chi connectivity index (χ1v) is 10.6. The second-order valence-corrected chi connectivity index (χ2v) is 8.34. The van der Waals surface area contributed by atoms with Gasteiger partial charge in [0.2, 0.25) is 0 Å². The number of ether oxygens (including phenoxy) is 1. The highest BCUT2D eigenvalue weighted by Crippen LogP contribution is 2.32. The normalized spacial score (nSPS) is 12.4. The SMILES string of the molecule is CC(Oc1cc(F)c(S(=O)(=O)N(C(=O)O)c2cscn2)c(F)c1)c1ccccc1F. The Balaban J connectivity index is 1.98. The molecule has 0 spiro atoms. The zero-order chi connectivity index (χ0) is 22.1. The number of thiazole rings is 1. The summed E-state index contributed by atoms with van der Waals surface area (Å²) in [4.78, 5) is 13.5. The third kappa shape index (κ3) is 4.09. The van der Waals surface area contributed by atoms with Crippen LogP contribution in [0.2, 0.25) is 0 Å². The molecule has 0 aliphatic rings. The molecule has 1 unspecified atom stereocenters. The lowest BCUT2D eigenvalue weighted by Gasteiger charge is -2.19. The number of nitrogens with zero attached hydrogens (tertiary/aromatic N) is 2. The Kier molecular flexibility index (Phi) is 5.99. The molecule has 0 aliphatic heterocycles. The van der Waals surface area contributed by atoms with E-state index in [9.17, 15) is 31.5 Å². The Bertz CT molecular complexity index is 1160. The number of sulfonamides is 1. The number of amides is 1. The van der Waals surface area contributed by atoms with Crippen molar-refractivity contribution in [1.82, 2.24) is 4.98 Å². The molecule has 0 bridgehead atoms. The average molecular weight is 458 g/mol. The van der Waals surface area contributed by atoms with E-state index in [0.717, 1.165) is 22.2 Å². The molecule has 158 valence electrons. The molecule has 0 aliphatic carbocycles. The predicted molar refractivity (Wildman–Crippen MR) is 102 cm³/mol. The van der Waals surface area contributed by atoms with Crippen LogP contribution in [0.15, 0.2) is 52.2 Å². The number of carboxylic acid groups (broad SMARTS) is 1. The van der Waals surface area contributed by atoms with Crippen molar-refractivity contribution in [2.75, 3.05) is 4.31 Å².